The molecule has 2 aromatic heterocycles. The quantitative estimate of drug-likeness (QED) is 0.773. The van der Waals surface area contributed by atoms with Gasteiger partial charge in [-0.15, -0.1) is 11.3 Å². The first-order chi connectivity index (χ1) is 9.16. The number of benzene rings is 1. The second-order valence-corrected chi connectivity index (χ2v) is 5.71. The first-order valence-electron chi connectivity index (χ1n) is 5.39. The Kier molecular flexibility index (Phi) is 3.04. The van der Waals surface area contributed by atoms with Crippen molar-refractivity contribution < 1.29 is 9.90 Å². The second kappa shape index (κ2) is 4.71. The first-order valence-corrected chi connectivity index (χ1v) is 7.00. The summed E-state index contributed by atoms with van der Waals surface area (Å²) >= 11 is 4.63. The third kappa shape index (κ3) is 2.13. The van der Waals surface area contributed by atoms with Crippen molar-refractivity contribution in [3.05, 3.63) is 46.0 Å². The Bertz CT molecular complexity index is 785. The lowest BCUT2D eigenvalue weighted by Gasteiger charge is -2.04. The van der Waals surface area contributed by atoms with Crippen LogP contribution >= 0.6 is 27.3 Å². The number of halogens is 1. The standard InChI is InChI=1S/C13H7BrN2O2S/c14-9-4-3-8(11-7(9)2-1-5-15-11)12-16-6-10(19-12)13(17)18/h1-6H,(H,17,18). The number of nitrogens with zero attached hydrogens (tertiary/aromatic N) is 2. The predicted octanol–water partition coefficient (Wildman–Crippen LogP) is 3.82. The predicted molar refractivity (Wildman–Crippen MR) is 77.5 cm³/mol. The van der Waals surface area contributed by atoms with Crippen molar-refractivity contribution in [1.29, 1.82) is 0 Å². The van der Waals surface area contributed by atoms with E-state index in [9.17, 15) is 4.79 Å². The highest BCUT2D eigenvalue weighted by molar-refractivity contribution is 9.10. The highest BCUT2D eigenvalue weighted by atomic mass is 79.9. The highest BCUT2D eigenvalue weighted by Crippen LogP contribution is 2.33. The SMILES string of the molecule is O=C(O)c1cnc(-c2ccc(Br)c3cccnc23)s1. The molecule has 0 amide bonds. The Morgan fingerprint density at radius 2 is 2.11 bits per heavy atom. The number of carbonyl (C=O) groups is 1. The van der Waals surface area contributed by atoms with Crippen LogP contribution in [0.2, 0.25) is 0 Å². The molecule has 4 nitrogen and oxygen atoms in total. The molecule has 0 atom stereocenters. The average molecular weight is 335 g/mol. The Morgan fingerprint density at radius 3 is 2.84 bits per heavy atom. The van der Waals surface area contributed by atoms with Crippen LogP contribution in [0.4, 0.5) is 0 Å². The van der Waals surface area contributed by atoms with Gasteiger partial charge in [0.15, 0.2) is 0 Å². The van der Waals surface area contributed by atoms with Gasteiger partial charge in [0.2, 0.25) is 0 Å². The smallest absolute Gasteiger partial charge is 0.347 e. The zero-order valence-corrected chi connectivity index (χ0v) is 11.9. The van der Waals surface area contributed by atoms with Crippen LogP contribution in [0.25, 0.3) is 21.5 Å². The maximum atomic E-state index is 10.9. The maximum Gasteiger partial charge on any atom is 0.347 e. The Morgan fingerprint density at radius 1 is 1.26 bits per heavy atom. The Balaban J connectivity index is 2.24. The summed E-state index contributed by atoms with van der Waals surface area (Å²) in [6.07, 6.45) is 3.09. The van der Waals surface area contributed by atoms with Crippen molar-refractivity contribution in [3.8, 4) is 10.6 Å². The largest absolute Gasteiger partial charge is 0.477 e. The van der Waals surface area contributed by atoms with E-state index in [0.717, 1.165) is 32.3 Å². The maximum absolute atomic E-state index is 10.9. The molecule has 1 N–H and O–H groups in total. The summed E-state index contributed by atoms with van der Waals surface area (Å²) in [5, 5.41) is 10.6. The fourth-order valence-corrected chi connectivity index (χ4v) is 3.04. The average Bonchev–Trinajstić information content (AvgIpc) is 2.89. The van der Waals surface area contributed by atoms with E-state index in [1.807, 2.05) is 24.3 Å². The lowest BCUT2D eigenvalue weighted by Crippen LogP contribution is -1.89. The molecule has 3 aromatic rings. The van der Waals surface area contributed by atoms with Crippen LogP contribution in [0.3, 0.4) is 0 Å². The summed E-state index contributed by atoms with van der Waals surface area (Å²) in [5.74, 6) is -0.960. The molecule has 2 heterocycles. The van der Waals surface area contributed by atoms with Gasteiger partial charge in [0.25, 0.3) is 0 Å². The molecule has 94 valence electrons. The van der Waals surface area contributed by atoms with E-state index in [-0.39, 0.29) is 4.88 Å². The van der Waals surface area contributed by atoms with E-state index in [1.54, 1.807) is 6.20 Å². The van der Waals surface area contributed by atoms with Crippen molar-refractivity contribution in [2.24, 2.45) is 0 Å². The van der Waals surface area contributed by atoms with E-state index in [0.29, 0.717) is 5.01 Å². The van der Waals surface area contributed by atoms with Gasteiger partial charge in [-0.1, -0.05) is 22.0 Å². The Hall–Kier alpha value is -1.79. The van der Waals surface area contributed by atoms with Gasteiger partial charge < -0.3 is 5.11 Å². The number of pyridine rings is 1. The van der Waals surface area contributed by atoms with Crippen molar-refractivity contribution in [3.63, 3.8) is 0 Å². The molecule has 0 radical (unpaired) electrons. The number of fused-ring (bicyclic) bond motifs is 1. The van der Waals surface area contributed by atoms with Crippen LogP contribution in [0, 0.1) is 0 Å². The van der Waals surface area contributed by atoms with E-state index >= 15 is 0 Å². The fourth-order valence-electron chi connectivity index (χ4n) is 1.81. The number of carboxylic acid groups (broad SMARTS) is 1. The zero-order valence-electron chi connectivity index (χ0n) is 9.50. The molecule has 0 saturated carbocycles. The minimum atomic E-state index is -0.960. The summed E-state index contributed by atoms with van der Waals surface area (Å²) in [5.41, 5.74) is 1.65. The van der Waals surface area contributed by atoms with E-state index in [4.69, 9.17) is 5.11 Å². The lowest BCUT2D eigenvalue weighted by atomic mass is 10.1. The molecular weight excluding hydrogens is 328 g/mol. The number of hydrogen-bond acceptors (Lipinski definition) is 4. The molecule has 0 unspecified atom stereocenters. The lowest BCUT2D eigenvalue weighted by molar-refractivity contribution is 0.0702. The number of rotatable bonds is 2. The number of aromatic nitrogens is 2. The molecule has 0 bridgehead atoms. The number of thiazole rings is 1. The highest BCUT2D eigenvalue weighted by Gasteiger charge is 2.13. The van der Waals surface area contributed by atoms with Gasteiger partial charge in [-0.25, -0.2) is 9.78 Å². The van der Waals surface area contributed by atoms with Crippen LogP contribution in [-0.4, -0.2) is 21.0 Å². The molecule has 0 aliphatic rings. The zero-order chi connectivity index (χ0) is 13.4. The number of carboxylic acids is 1. The van der Waals surface area contributed by atoms with Gasteiger partial charge in [-0.2, -0.15) is 0 Å². The molecule has 1 aromatic carbocycles. The van der Waals surface area contributed by atoms with Crippen LogP contribution in [-0.2, 0) is 0 Å². The summed E-state index contributed by atoms with van der Waals surface area (Å²) in [6.45, 7) is 0. The molecule has 6 heteroatoms. The second-order valence-electron chi connectivity index (χ2n) is 3.83. The fraction of sp³-hybridized carbons (Fsp3) is 0. The van der Waals surface area contributed by atoms with Crippen LogP contribution in [0.5, 0.6) is 0 Å². The van der Waals surface area contributed by atoms with Gasteiger partial charge in [0.05, 0.1) is 11.7 Å². The third-order valence-electron chi connectivity index (χ3n) is 2.66. The van der Waals surface area contributed by atoms with E-state index in [1.165, 1.54) is 6.20 Å². The molecular formula is C13H7BrN2O2S. The van der Waals surface area contributed by atoms with Crippen molar-refractivity contribution in [2.75, 3.05) is 0 Å². The van der Waals surface area contributed by atoms with Gasteiger partial charge in [-0.05, 0) is 18.2 Å². The Labute approximate surface area is 120 Å². The molecule has 0 aliphatic heterocycles. The minimum Gasteiger partial charge on any atom is -0.477 e. The normalized spacial score (nSPS) is 10.8. The monoisotopic (exact) mass is 334 g/mol. The van der Waals surface area contributed by atoms with Gasteiger partial charge in [-0.3, -0.25) is 4.98 Å². The van der Waals surface area contributed by atoms with Gasteiger partial charge in [0, 0.05) is 21.6 Å². The number of aromatic carboxylic acids is 1. The summed E-state index contributed by atoms with van der Waals surface area (Å²) in [6, 6.07) is 7.63. The molecule has 0 saturated heterocycles. The van der Waals surface area contributed by atoms with E-state index < -0.39 is 5.97 Å². The molecule has 3 rings (SSSR count). The molecule has 19 heavy (non-hydrogen) atoms. The number of hydrogen-bond donors (Lipinski definition) is 1. The van der Waals surface area contributed by atoms with Crippen LogP contribution in [0.15, 0.2) is 41.1 Å². The first kappa shape index (κ1) is 12.3. The topological polar surface area (TPSA) is 63.1 Å². The summed E-state index contributed by atoms with van der Waals surface area (Å²) in [4.78, 5) is 19.7. The van der Waals surface area contributed by atoms with Crippen LogP contribution in [0.1, 0.15) is 9.67 Å². The van der Waals surface area contributed by atoms with Gasteiger partial charge in [0.1, 0.15) is 9.88 Å². The van der Waals surface area contributed by atoms with Crippen molar-refractivity contribution in [2.45, 2.75) is 0 Å². The third-order valence-corrected chi connectivity index (χ3v) is 4.37. The van der Waals surface area contributed by atoms with Gasteiger partial charge >= 0.3 is 5.97 Å². The summed E-state index contributed by atoms with van der Waals surface area (Å²) in [7, 11) is 0. The molecule has 0 fully saturated rings. The minimum absolute atomic E-state index is 0.224. The summed E-state index contributed by atoms with van der Waals surface area (Å²) < 4.78 is 0.953. The molecule has 0 spiro atoms. The van der Waals surface area contributed by atoms with Crippen molar-refractivity contribution in [1.82, 2.24) is 9.97 Å². The van der Waals surface area contributed by atoms with Crippen LogP contribution < -0.4 is 0 Å². The van der Waals surface area contributed by atoms with Crippen molar-refractivity contribution >= 4 is 44.1 Å². The molecule has 0 aliphatic carbocycles. The van der Waals surface area contributed by atoms with E-state index in [2.05, 4.69) is 25.9 Å².